The zero-order valence-electron chi connectivity index (χ0n) is 9.75. The fraction of sp³-hybridized carbons (Fsp3) is 0.615. The second-order valence-corrected chi connectivity index (χ2v) is 6.55. The number of carboxylic acid groups (broad SMARTS) is 1. The second-order valence-electron chi connectivity index (χ2n) is 4.84. The van der Waals surface area contributed by atoms with E-state index in [0.717, 1.165) is 23.6 Å². The summed E-state index contributed by atoms with van der Waals surface area (Å²) in [6.07, 6.45) is 6.90. The molecule has 0 amide bonds. The van der Waals surface area contributed by atoms with Gasteiger partial charge in [0.15, 0.2) is 0 Å². The van der Waals surface area contributed by atoms with Gasteiger partial charge in [-0.1, -0.05) is 30.9 Å². The Hall–Kier alpha value is -0.540. The molecule has 2 nitrogen and oxygen atoms in total. The minimum absolute atomic E-state index is 0.0778. The molecule has 0 aromatic carbocycles. The van der Waals surface area contributed by atoms with E-state index in [1.165, 1.54) is 24.1 Å². The summed E-state index contributed by atoms with van der Waals surface area (Å²) in [5.74, 6) is -0.697. The van der Waals surface area contributed by atoms with Crippen molar-refractivity contribution < 1.29 is 9.90 Å². The van der Waals surface area contributed by atoms with Crippen LogP contribution in [0.3, 0.4) is 0 Å². The van der Waals surface area contributed by atoms with Gasteiger partial charge < -0.3 is 5.11 Å². The monoisotopic (exact) mass is 272 g/mol. The number of aliphatic carboxylic acids is 1. The van der Waals surface area contributed by atoms with Crippen LogP contribution in [-0.4, -0.2) is 11.1 Å². The van der Waals surface area contributed by atoms with Crippen LogP contribution in [0.4, 0.5) is 0 Å². The van der Waals surface area contributed by atoms with E-state index in [1.807, 2.05) is 6.07 Å². The quantitative estimate of drug-likeness (QED) is 0.878. The lowest BCUT2D eigenvalue weighted by atomic mass is 9.70. The lowest BCUT2D eigenvalue weighted by molar-refractivity contribution is -0.137. The predicted molar refractivity (Wildman–Crippen MR) is 71.0 cm³/mol. The van der Waals surface area contributed by atoms with Crippen LogP contribution >= 0.6 is 22.9 Å². The Bertz CT molecular complexity index is 394. The molecule has 0 saturated heterocycles. The molecule has 0 bridgehead atoms. The van der Waals surface area contributed by atoms with Gasteiger partial charge in [-0.15, -0.1) is 11.3 Å². The number of hydrogen-bond acceptors (Lipinski definition) is 2. The first-order chi connectivity index (χ1) is 8.12. The van der Waals surface area contributed by atoms with Gasteiger partial charge >= 0.3 is 5.97 Å². The topological polar surface area (TPSA) is 37.3 Å². The molecule has 1 N–H and O–H groups in total. The lowest BCUT2D eigenvalue weighted by Crippen LogP contribution is -2.28. The molecule has 0 atom stereocenters. The van der Waals surface area contributed by atoms with Gasteiger partial charge in [0.1, 0.15) is 0 Å². The molecule has 17 heavy (non-hydrogen) atoms. The van der Waals surface area contributed by atoms with Gasteiger partial charge in [0.2, 0.25) is 0 Å². The maximum Gasteiger partial charge on any atom is 0.303 e. The van der Waals surface area contributed by atoms with Gasteiger partial charge in [0, 0.05) is 16.7 Å². The van der Waals surface area contributed by atoms with Crippen molar-refractivity contribution in [1.82, 2.24) is 0 Å². The van der Waals surface area contributed by atoms with Crippen LogP contribution in [0.1, 0.15) is 49.8 Å². The number of carbonyl (C=O) groups is 1. The molecular weight excluding hydrogens is 256 g/mol. The number of hydrogen-bond donors (Lipinski definition) is 1. The molecule has 1 fully saturated rings. The summed E-state index contributed by atoms with van der Waals surface area (Å²) in [6.45, 7) is 0. The van der Waals surface area contributed by atoms with Gasteiger partial charge in [0.05, 0.1) is 4.34 Å². The van der Waals surface area contributed by atoms with Crippen LogP contribution in [0, 0.1) is 0 Å². The normalized spacial score (nSPS) is 19.1. The third-order valence-electron chi connectivity index (χ3n) is 3.72. The molecule has 4 heteroatoms. The Labute approximate surface area is 111 Å². The Morgan fingerprint density at radius 1 is 1.35 bits per heavy atom. The molecule has 0 aliphatic heterocycles. The fourth-order valence-corrected chi connectivity index (χ4v) is 4.11. The molecule has 1 heterocycles. The molecule has 1 aromatic rings. The molecular formula is C13H17ClO2S. The molecule has 1 aliphatic rings. The van der Waals surface area contributed by atoms with E-state index in [2.05, 4.69) is 6.07 Å². The van der Waals surface area contributed by atoms with E-state index in [9.17, 15) is 4.79 Å². The van der Waals surface area contributed by atoms with Crippen molar-refractivity contribution in [3.63, 3.8) is 0 Å². The second kappa shape index (κ2) is 5.40. The van der Waals surface area contributed by atoms with Crippen LogP contribution in [0.5, 0.6) is 0 Å². The van der Waals surface area contributed by atoms with E-state index in [4.69, 9.17) is 16.7 Å². The number of carboxylic acids is 1. The largest absolute Gasteiger partial charge is 0.481 e. The van der Waals surface area contributed by atoms with Crippen molar-refractivity contribution >= 4 is 28.9 Å². The summed E-state index contributed by atoms with van der Waals surface area (Å²) in [6, 6.07) is 4.01. The molecule has 1 aliphatic carbocycles. The SMILES string of the molecule is O=C(O)CCC1(c2ccc(Cl)s2)CCCCC1. The van der Waals surface area contributed by atoms with Crippen molar-refractivity contribution in [3.8, 4) is 0 Å². The highest BCUT2D eigenvalue weighted by atomic mass is 35.5. The summed E-state index contributed by atoms with van der Waals surface area (Å²) in [5, 5.41) is 8.89. The molecule has 0 spiro atoms. The molecule has 2 rings (SSSR count). The minimum Gasteiger partial charge on any atom is -0.481 e. The maximum absolute atomic E-state index is 10.8. The van der Waals surface area contributed by atoms with Crippen LogP contribution in [-0.2, 0) is 10.2 Å². The zero-order valence-corrected chi connectivity index (χ0v) is 11.3. The predicted octanol–water partition coefficient (Wildman–Crippen LogP) is 4.47. The molecule has 94 valence electrons. The van der Waals surface area contributed by atoms with Gasteiger partial charge in [-0.3, -0.25) is 4.79 Å². The van der Waals surface area contributed by atoms with Gasteiger partial charge in [-0.2, -0.15) is 0 Å². The Balaban J connectivity index is 2.19. The Kier molecular flexibility index (Phi) is 4.10. The minimum atomic E-state index is -0.697. The third-order valence-corrected chi connectivity index (χ3v) is 5.20. The standard InChI is InChI=1S/C13H17ClO2S/c14-11-5-4-10(17-11)13(9-6-12(15)16)7-2-1-3-8-13/h4-5H,1-3,6-9H2,(H,15,16). The van der Waals surface area contributed by atoms with Gasteiger partial charge in [-0.05, 0) is 31.4 Å². The van der Waals surface area contributed by atoms with E-state index in [1.54, 1.807) is 11.3 Å². The first-order valence-electron chi connectivity index (χ1n) is 6.10. The maximum atomic E-state index is 10.8. The molecule has 1 saturated carbocycles. The van der Waals surface area contributed by atoms with Crippen molar-refractivity contribution in [3.05, 3.63) is 21.3 Å². The zero-order chi connectivity index (χ0) is 12.3. The lowest BCUT2D eigenvalue weighted by Gasteiger charge is -2.36. The summed E-state index contributed by atoms with van der Waals surface area (Å²) in [7, 11) is 0. The Morgan fingerprint density at radius 2 is 2.06 bits per heavy atom. The smallest absolute Gasteiger partial charge is 0.303 e. The van der Waals surface area contributed by atoms with Crippen molar-refractivity contribution in [2.24, 2.45) is 0 Å². The van der Waals surface area contributed by atoms with Crippen LogP contribution in [0.2, 0.25) is 4.34 Å². The van der Waals surface area contributed by atoms with Crippen molar-refractivity contribution in [2.45, 2.75) is 50.4 Å². The number of rotatable bonds is 4. The summed E-state index contributed by atoms with van der Waals surface area (Å²) in [4.78, 5) is 12.1. The van der Waals surface area contributed by atoms with Crippen molar-refractivity contribution in [2.75, 3.05) is 0 Å². The van der Waals surface area contributed by atoms with Crippen molar-refractivity contribution in [1.29, 1.82) is 0 Å². The molecule has 0 unspecified atom stereocenters. The van der Waals surface area contributed by atoms with Crippen LogP contribution in [0.15, 0.2) is 12.1 Å². The highest BCUT2D eigenvalue weighted by Gasteiger charge is 2.35. The van der Waals surface area contributed by atoms with E-state index in [-0.39, 0.29) is 11.8 Å². The summed E-state index contributed by atoms with van der Waals surface area (Å²) >= 11 is 7.62. The van der Waals surface area contributed by atoms with Crippen LogP contribution < -0.4 is 0 Å². The first-order valence-corrected chi connectivity index (χ1v) is 7.29. The summed E-state index contributed by atoms with van der Waals surface area (Å²) in [5.41, 5.74) is 0.0778. The van der Waals surface area contributed by atoms with E-state index in [0.29, 0.717) is 0 Å². The average molecular weight is 273 g/mol. The highest BCUT2D eigenvalue weighted by molar-refractivity contribution is 7.16. The number of thiophene rings is 1. The van der Waals surface area contributed by atoms with Gasteiger partial charge in [-0.25, -0.2) is 0 Å². The molecule has 0 radical (unpaired) electrons. The van der Waals surface area contributed by atoms with E-state index < -0.39 is 5.97 Å². The third kappa shape index (κ3) is 3.02. The van der Waals surface area contributed by atoms with Crippen LogP contribution in [0.25, 0.3) is 0 Å². The van der Waals surface area contributed by atoms with E-state index >= 15 is 0 Å². The fourth-order valence-electron chi connectivity index (χ4n) is 2.79. The molecule has 1 aromatic heterocycles. The highest BCUT2D eigenvalue weighted by Crippen LogP contribution is 2.46. The number of halogens is 1. The summed E-state index contributed by atoms with van der Waals surface area (Å²) < 4.78 is 0.806. The first kappa shape index (κ1) is 12.9. The average Bonchev–Trinajstić information content (AvgIpc) is 2.75. The van der Waals surface area contributed by atoms with Gasteiger partial charge in [0.25, 0.3) is 0 Å². The Morgan fingerprint density at radius 3 is 2.59 bits per heavy atom.